The van der Waals surface area contributed by atoms with Gasteiger partial charge in [0.2, 0.25) is 0 Å². The third-order valence-corrected chi connectivity index (χ3v) is 9.63. The first-order valence-corrected chi connectivity index (χ1v) is 24.4. The van der Waals surface area contributed by atoms with Crippen LogP contribution in [0.5, 0.6) is 0 Å². The van der Waals surface area contributed by atoms with E-state index in [2.05, 4.69) is 160 Å². The van der Waals surface area contributed by atoms with Crippen LogP contribution in [0.25, 0.3) is 0 Å². The highest BCUT2D eigenvalue weighted by Crippen LogP contribution is 2.12. The zero-order valence-electron chi connectivity index (χ0n) is 39.3. The lowest BCUT2D eigenvalue weighted by Crippen LogP contribution is -2.28. The largest absolute Gasteiger partial charge is 0.462 e. The molecule has 0 spiro atoms. The number of hydrogen-bond acceptors (Lipinski definition) is 5. The Balaban J connectivity index is 3.66. The van der Waals surface area contributed by atoms with E-state index in [0.717, 1.165) is 128 Å². The topological polar surface area (TPSA) is 72.8 Å². The van der Waals surface area contributed by atoms with Crippen LogP contribution < -0.4 is 0 Å². The minimum atomic E-state index is -0.800. The number of unbranched alkanes of at least 4 members (excludes halogenated alkanes) is 10. The van der Waals surface area contributed by atoms with Crippen molar-refractivity contribution in [2.24, 2.45) is 0 Å². The first-order valence-electron chi connectivity index (χ1n) is 24.4. The molecule has 1 atom stereocenters. The minimum Gasteiger partial charge on any atom is -0.462 e. The molecule has 5 nitrogen and oxygen atoms in total. The summed E-state index contributed by atoms with van der Waals surface area (Å²) in [7, 11) is 0. The lowest BCUT2D eigenvalue weighted by Gasteiger charge is -2.15. The first-order chi connectivity index (χ1) is 30.6. The average Bonchev–Trinajstić information content (AvgIpc) is 3.28. The molecule has 62 heavy (non-hydrogen) atoms. The van der Waals surface area contributed by atoms with Crippen LogP contribution in [0.3, 0.4) is 0 Å². The summed E-state index contributed by atoms with van der Waals surface area (Å²) in [6, 6.07) is 0. The van der Waals surface area contributed by atoms with E-state index < -0.39 is 6.10 Å². The molecule has 0 aromatic heterocycles. The average molecular weight is 853 g/mol. The summed E-state index contributed by atoms with van der Waals surface area (Å²) in [5, 5.41) is 9.59. The SMILES string of the molecule is CC/C=C\C/C=C\C/C=C\C/C=C\C/C=C\C/C=C\C/C=C\C/C=C\C/C=C\CCCCCCCCCC(=O)OC(CO)COC(=O)CCCCC/C=C\C/C=C\C/C=C\CC. The Hall–Kier alpha value is -4.22. The van der Waals surface area contributed by atoms with E-state index in [1.165, 1.54) is 25.7 Å². The molecule has 0 aliphatic carbocycles. The molecular weight excluding hydrogens is 765 g/mol. The normalized spacial score (nSPS) is 13.5. The number of rotatable bonds is 42. The second kappa shape index (κ2) is 51.1. The van der Waals surface area contributed by atoms with E-state index in [4.69, 9.17) is 9.47 Å². The Morgan fingerprint density at radius 3 is 0.984 bits per heavy atom. The van der Waals surface area contributed by atoms with Crippen molar-refractivity contribution < 1.29 is 24.2 Å². The van der Waals surface area contributed by atoms with Gasteiger partial charge in [-0.15, -0.1) is 0 Å². The van der Waals surface area contributed by atoms with Gasteiger partial charge in [-0.25, -0.2) is 0 Å². The summed E-state index contributed by atoms with van der Waals surface area (Å²) in [6.45, 7) is 3.85. The second-order valence-electron chi connectivity index (χ2n) is 15.4. The number of carbonyl (C=O) groups is 2. The fourth-order valence-electron chi connectivity index (χ4n) is 6.03. The standard InChI is InChI=1S/C57H88O5/c1-3-5-7-9-11-13-15-17-18-19-20-21-22-23-24-25-26-27-28-29-30-31-32-33-34-35-36-37-38-40-42-44-46-48-50-52-57(60)62-55(53-58)54-61-56(59)51-49-47-45-43-41-39-16-14-12-10-8-6-4-2/h5-8,11-14,17-18,20-21,23-24,26-27,29-30,32-33,35-36,39,41,55,58H,3-4,9-10,15-16,19,22,25,28,31,34,37-38,40,42-54H2,1-2H3/b7-5-,8-6-,13-11-,14-12-,18-17-,21-20-,24-23-,27-26-,30-29-,33-32-,36-35-,41-39-. The van der Waals surface area contributed by atoms with Crippen molar-refractivity contribution in [3.05, 3.63) is 146 Å². The summed E-state index contributed by atoms with van der Waals surface area (Å²) < 4.78 is 10.6. The lowest BCUT2D eigenvalue weighted by molar-refractivity contribution is -0.161. The Morgan fingerprint density at radius 1 is 0.371 bits per heavy atom. The van der Waals surface area contributed by atoms with E-state index in [9.17, 15) is 14.7 Å². The Bertz CT molecular complexity index is 1380. The molecule has 0 fully saturated rings. The maximum absolute atomic E-state index is 12.2. The van der Waals surface area contributed by atoms with Crippen molar-refractivity contribution in [1.82, 2.24) is 0 Å². The zero-order valence-corrected chi connectivity index (χ0v) is 39.3. The maximum Gasteiger partial charge on any atom is 0.306 e. The van der Waals surface area contributed by atoms with Gasteiger partial charge < -0.3 is 14.6 Å². The number of hydrogen-bond donors (Lipinski definition) is 1. The van der Waals surface area contributed by atoms with E-state index >= 15 is 0 Å². The van der Waals surface area contributed by atoms with Gasteiger partial charge in [-0.2, -0.15) is 0 Å². The predicted octanol–water partition coefficient (Wildman–Crippen LogP) is 16.3. The van der Waals surface area contributed by atoms with Crippen LogP contribution in [-0.4, -0.2) is 36.4 Å². The number of carbonyl (C=O) groups excluding carboxylic acids is 2. The third kappa shape index (κ3) is 48.4. The van der Waals surface area contributed by atoms with Gasteiger partial charge in [-0.05, 0) is 116 Å². The summed E-state index contributed by atoms with van der Waals surface area (Å²) in [6.07, 6.45) is 77.9. The summed E-state index contributed by atoms with van der Waals surface area (Å²) in [4.78, 5) is 24.3. The Kier molecular flexibility index (Phi) is 47.7. The van der Waals surface area contributed by atoms with Gasteiger partial charge >= 0.3 is 11.9 Å². The highest BCUT2D eigenvalue weighted by molar-refractivity contribution is 5.70. The van der Waals surface area contributed by atoms with Crippen molar-refractivity contribution in [3.63, 3.8) is 0 Å². The lowest BCUT2D eigenvalue weighted by atomic mass is 10.1. The van der Waals surface area contributed by atoms with E-state index in [1.807, 2.05) is 0 Å². The van der Waals surface area contributed by atoms with Crippen LogP contribution in [0.2, 0.25) is 0 Å². The third-order valence-electron chi connectivity index (χ3n) is 9.63. The van der Waals surface area contributed by atoms with Gasteiger partial charge in [0.15, 0.2) is 6.10 Å². The van der Waals surface area contributed by atoms with Gasteiger partial charge in [0.25, 0.3) is 0 Å². The summed E-state index contributed by atoms with van der Waals surface area (Å²) in [5.74, 6) is -0.652. The highest BCUT2D eigenvalue weighted by Gasteiger charge is 2.16. The zero-order chi connectivity index (χ0) is 44.9. The first kappa shape index (κ1) is 57.8. The molecule has 0 aliphatic rings. The van der Waals surface area contributed by atoms with Crippen molar-refractivity contribution in [3.8, 4) is 0 Å². The Labute approximate surface area is 380 Å². The summed E-state index contributed by atoms with van der Waals surface area (Å²) in [5.41, 5.74) is 0. The molecule has 0 saturated heterocycles. The van der Waals surface area contributed by atoms with Crippen LogP contribution in [0.1, 0.15) is 181 Å². The van der Waals surface area contributed by atoms with E-state index in [1.54, 1.807) is 0 Å². The van der Waals surface area contributed by atoms with Crippen molar-refractivity contribution in [1.29, 1.82) is 0 Å². The van der Waals surface area contributed by atoms with Crippen LogP contribution in [0, 0.1) is 0 Å². The van der Waals surface area contributed by atoms with Crippen LogP contribution in [0.4, 0.5) is 0 Å². The molecule has 1 unspecified atom stereocenters. The number of allylic oxidation sites excluding steroid dienone is 24. The quantitative estimate of drug-likeness (QED) is 0.0376. The smallest absolute Gasteiger partial charge is 0.306 e. The van der Waals surface area contributed by atoms with E-state index in [0.29, 0.717) is 12.8 Å². The monoisotopic (exact) mass is 853 g/mol. The number of ether oxygens (including phenoxy) is 2. The van der Waals surface area contributed by atoms with Crippen molar-refractivity contribution >= 4 is 11.9 Å². The molecule has 1 N–H and O–H groups in total. The second-order valence-corrected chi connectivity index (χ2v) is 15.4. The molecule has 5 heteroatoms. The fourth-order valence-corrected chi connectivity index (χ4v) is 6.03. The molecule has 0 bridgehead atoms. The van der Waals surface area contributed by atoms with Crippen LogP contribution in [-0.2, 0) is 19.1 Å². The molecular formula is C57H88O5. The maximum atomic E-state index is 12.2. The van der Waals surface area contributed by atoms with Crippen molar-refractivity contribution in [2.75, 3.05) is 13.2 Å². The van der Waals surface area contributed by atoms with Gasteiger partial charge in [0.05, 0.1) is 6.61 Å². The van der Waals surface area contributed by atoms with Crippen LogP contribution in [0.15, 0.2) is 146 Å². The number of aliphatic hydroxyl groups excluding tert-OH is 1. The molecule has 0 heterocycles. The number of aliphatic hydroxyl groups is 1. The van der Waals surface area contributed by atoms with Crippen LogP contribution >= 0.6 is 0 Å². The molecule has 0 amide bonds. The van der Waals surface area contributed by atoms with Gasteiger partial charge in [-0.1, -0.05) is 198 Å². The minimum absolute atomic E-state index is 0.0953. The number of esters is 2. The molecule has 346 valence electrons. The van der Waals surface area contributed by atoms with Gasteiger partial charge in [0, 0.05) is 12.8 Å². The molecule has 0 aliphatic heterocycles. The molecule has 0 aromatic carbocycles. The molecule has 0 aromatic rings. The van der Waals surface area contributed by atoms with E-state index in [-0.39, 0.29) is 25.2 Å². The predicted molar refractivity (Wildman–Crippen MR) is 269 cm³/mol. The van der Waals surface area contributed by atoms with Gasteiger partial charge in [0.1, 0.15) is 6.61 Å². The molecule has 0 saturated carbocycles. The van der Waals surface area contributed by atoms with Crippen molar-refractivity contribution in [2.45, 2.75) is 187 Å². The summed E-state index contributed by atoms with van der Waals surface area (Å²) >= 11 is 0. The molecule has 0 rings (SSSR count). The Morgan fingerprint density at radius 2 is 0.645 bits per heavy atom. The fraction of sp³-hybridized carbons (Fsp3) is 0.544. The van der Waals surface area contributed by atoms with Gasteiger partial charge in [-0.3, -0.25) is 9.59 Å². The highest BCUT2D eigenvalue weighted by atomic mass is 16.6. The molecule has 0 radical (unpaired) electrons.